The third-order valence-electron chi connectivity index (χ3n) is 6.12. The number of benzene rings is 1. The number of carbonyl (C=O) groups excluding carboxylic acids is 1. The third-order valence-corrected chi connectivity index (χ3v) is 6.12. The number of hydrogen-bond donors (Lipinski definition) is 1. The van der Waals surface area contributed by atoms with Gasteiger partial charge in [0.25, 0.3) is 5.91 Å². The lowest BCUT2D eigenvalue weighted by Gasteiger charge is -2.22. The quantitative estimate of drug-likeness (QED) is 0.671. The van der Waals surface area contributed by atoms with Crippen LogP contribution in [0.15, 0.2) is 36.7 Å². The van der Waals surface area contributed by atoms with Gasteiger partial charge in [0, 0.05) is 54.5 Å². The van der Waals surface area contributed by atoms with Crippen LogP contribution in [0.5, 0.6) is 0 Å². The number of nitrogens with zero attached hydrogens (tertiary/aromatic N) is 6. The van der Waals surface area contributed by atoms with Crippen LogP contribution in [0.1, 0.15) is 27.3 Å². The monoisotopic (exact) mass is 404 g/mol. The van der Waals surface area contributed by atoms with Gasteiger partial charge in [-0.15, -0.1) is 4.68 Å². The zero-order chi connectivity index (χ0) is 20.8. The molecular formula is C22H26N7O+. The van der Waals surface area contributed by atoms with Crippen molar-refractivity contribution in [1.29, 1.82) is 0 Å². The number of nitrogens with one attached hydrogen (secondary N) is 1. The van der Waals surface area contributed by atoms with E-state index in [0.29, 0.717) is 17.4 Å². The van der Waals surface area contributed by atoms with E-state index in [1.54, 1.807) is 10.9 Å². The summed E-state index contributed by atoms with van der Waals surface area (Å²) in [6, 6.07) is 7.95. The van der Waals surface area contributed by atoms with Crippen molar-refractivity contribution in [2.75, 3.05) is 31.1 Å². The smallest absolute Gasteiger partial charge is 0.258 e. The molecule has 8 heteroatoms. The lowest BCUT2D eigenvalue weighted by Crippen LogP contribution is -2.38. The van der Waals surface area contributed by atoms with E-state index in [1.165, 1.54) is 0 Å². The van der Waals surface area contributed by atoms with Gasteiger partial charge in [-0.3, -0.25) is 4.79 Å². The minimum absolute atomic E-state index is 0.0828. The largest absolute Gasteiger partial charge is 0.340 e. The zero-order valence-corrected chi connectivity index (χ0v) is 17.5. The number of amides is 1. The van der Waals surface area contributed by atoms with Crippen LogP contribution in [0.4, 0.5) is 5.95 Å². The van der Waals surface area contributed by atoms with Crippen LogP contribution in [0, 0.1) is 32.6 Å². The Bertz CT molecular complexity index is 1060. The fraction of sp³-hybridized carbons (Fsp3) is 0.409. The number of fused-ring (bicyclic) bond motifs is 1. The minimum Gasteiger partial charge on any atom is -0.340 e. The fourth-order valence-corrected chi connectivity index (χ4v) is 4.74. The van der Waals surface area contributed by atoms with Crippen LogP contribution in [0.25, 0.3) is 5.69 Å². The number of likely N-dealkylation sites (tertiary alicyclic amines) is 1. The predicted octanol–water partition coefficient (Wildman–Crippen LogP) is 1.61. The maximum absolute atomic E-state index is 13.4. The van der Waals surface area contributed by atoms with Crippen molar-refractivity contribution in [2.45, 2.75) is 20.8 Å². The summed E-state index contributed by atoms with van der Waals surface area (Å²) in [5.41, 5.74) is 4.59. The Morgan fingerprint density at radius 2 is 1.73 bits per heavy atom. The lowest BCUT2D eigenvalue weighted by molar-refractivity contribution is -0.659. The highest BCUT2D eigenvalue weighted by molar-refractivity contribution is 5.97. The molecule has 30 heavy (non-hydrogen) atoms. The van der Waals surface area contributed by atoms with Gasteiger partial charge in [0.15, 0.2) is 11.9 Å². The van der Waals surface area contributed by atoms with Gasteiger partial charge in [-0.25, -0.2) is 9.97 Å². The summed E-state index contributed by atoms with van der Waals surface area (Å²) >= 11 is 0. The molecule has 3 aromatic rings. The van der Waals surface area contributed by atoms with Crippen molar-refractivity contribution < 1.29 is 9.48 Å². The van der Waals surface area contributed by atoms with E-state index in [1.807, 2.05) is 56.1 Å². The Kier molecular flexibility index (Phi) is 4.49. The number of carbonyl (C=O) groups is 1. The fourth-order valence-electron chi connectivity index (χ4n) is 4.74. The van der Waals surface area contributed by atoms with E-state index < -0.39 is 0 Å². The summed E-state index contributed by atoms with van der Waals surface area (Å²) in [6.07, 6.45) is 3.50. The first kappa shape index (κ1) is 18.7. The summed E-state index contributed by atoms with van der Waals surface area (Å²) in [4.78, 5) is 26.9. The second-order valence-corrected chi connectivity index (χ2v) is 8.50. The van der Waals surface area contributed by atoms with Crippen molar-refractivity contribution in [3.8, 4) is 5.69 Å². The molecule has 0 radical (unpaired) electrons. The van der Waals surface area contributed by atoms with E-state index >= 15 is 0 Å². The van der Waals surface area contributed by atoms with Gasteiger partial charge in [-0.05, 0) is 39.0 Å². The van der Waals surface area contributed by atoms with Gasteiger partial charge < -0.3 is 9.80 Å². The molecule has 0 aliphatic carbocycles. The Morgan fingerprint density at radius 1 is 1.03 bits per heavy atom. The van der Waals surface area contributed by atoms with Crippen LogP contribution in [-0.2, 0) is 0 Å². The highest BCUT2D eigenvalue weighted by Gasteiger charge is 2.43. The molecule has 0 saturated carbocycles. The molecule has 4 heterocycles. The van der Waals surface area contributed by atoms with E-state index in [2.05, 4.69) is 25.2 Å². The molecule has 8 nitrogen and oxygen atoms in total. The van der Waals surface area contributed by atoms with Gasteiger partial charge >= 0.3 is 0 Å². The Morgan fingerprint density at radius 3 is 2.37 bits per heavy atom. The van der Waals surface area contributed by atoms with Gasteiger partial charge in [-0.1, -0.05) is 16.8 Å². The maximum atomic E-state index is 13.4. The number of aromatic amines is 1. The molecule has 2 unspecified atom stereocenters. The highest BCUT2D eigenvalue weighted by atomic mass is 16.2. The number of rotatable bonds is 3. The molecule has 0 bridgehead atoms. The molecule has 1 aromatic carbocycles. The van der Waals surface area contributed by atoms with Crippen molar-refractivity contribution in [1.82, 2.24) is 25.2 Å². The van der Waals surface area contributed by atoms with E-state index in [0.717, 1.165) is 54.8 Å². The number of hydrogen-bond acceptors (Lipinski definition) is 5. The Balaban J connectivity index is 1.34. The standard InChI is InChI=1S/C22H25N7O/c1-14-4-5-20(29-7-6-23-26-29)19(8-14)21(30)27-10-17-12-28(13-18(17)11-27)22-24-15(2)9-16(3)25-22/h4-9,17-18H,10-13H2,1-3H3/p+1. The number of H-pyrrole nitrogens is 1. The molecule has 1 N–H and O–H groups in total. The first-order valence-electron chi connectivity index (χ1n) is 10.4. The zero-order valence-electron chi connectivity index (χ0n) is 17.5. The maximum Gasteiger partial charge on any atom is 0.258 e. The van der Waals surface area contributed by atoms with Crippen LogP contribution in [0.2, 0.25) is 0 Å². The van der Waals surface area contributed by atoms with Crippen molar-refractivity contribution >= 4 is 11.9 Å². The summed E-state index contributed by atoms with van der Waals surface area (Å²) in [6.45, 7) is 9.36. The molecule has 2 aliphatic rings. The number of aryl methyl sites for hydroxylation is 3. The molecule has 1 amide bonds. The predicted molar refractivity (Wildman–Crippen MR) is 111 cm³/mol. The van der Waals surface area contributed by atoms with Crippen molar-refractivity contribution in [2.24, 2.45) is 11.8 Å². The topological polar surface area (TPSA) is 81.9 Å². The SMILES string of the molecule is Cc1ccc(-[n+]2ccn[nH]2)c(C(=O)N2CC3CN(c4nc(C)cc(C)n4)CC3C2)c1. The van der Waals surface area contributed by atoms with Crippen LogP contribution < -0.4 is 9.58 Å². The molecule has 5 rings (SSSR count). The number of aromatic nitrogens is 5. The Hall–Kier alpha value is -3.29. The summed E-state index contributed by atoms with van der Waals surface area (Å²) in [7, 11) is 0. The first-order valence-corrected chi connectivity index (χ1v) is 10.4. The Labute approximate surface area is 175 Å². The van der Waals surface area contributed by atoms with Crippen LogP contribution >= 0.6 is 0 Å². The molecule has 2 atom stereocenters. The number of anilines is 1. The van der Waals surface area contributed by atoms with Crippen molar-refractivity contribution in [3.05, 3.63) is 59.2 Å². The molecular weight excluding hydrogens is 378 g/mol. The van der Waals surface area contributed by atoms with E-state index in [9.17, 15) is 4.79 Å². The molecule has 154 valence electrons. The van der Waals surface area contributed by atoms with Gasteiger partial charge in [0.05, 0.1) is 5.56 Å². The second-order valence-electron chi connectivity index (χ2n) is 8.50. The third kappa shape index (κ3) is 3.32. The lowest BCUT2D eigenvalue weighted by atomic mass is 10.0. The van der Waals surface area contributed by atoms with Crippen molar-refractivity contribution in [3.63, 3.8) is 0 Å². The van der Waals surface area contributed by atoms with Gasteiger partial charge in [0.1, 0.15) is 0 Å². The van der Waals surface area contributed by atoms with E-state index in [-0.39, 0.29) is 5.91 Å². The van der Waals surface area contributed by atoms with E-state index in [4.69, 9.17) is 0 Å². The summed E-state index contributed by atoms with van der Waals surface area (Å²) < 4.78 is 1.78. The highest BCUT2D eigenvalue weighted by Crippen LogP contribution is 2.34. The van der Waals surface area contributed by atoms with Gasteiger partial charge in [-0.2, -0.15) is 0 Å². The molecule has 2 saturated heterocycles. The molecule has 2 aliphatic heterocycles. The summed E-state index contributed by atoms with van der Waals surface area (Å²) in [5.74, 6) is 1.80. The summed E-state index contributed by atoms with van der Waals surface area (Å²) in [5, 5.41) is 6.92. The molecule has 2 fully saturated rings. The van der Waals surface area contributed by atoms with Gasteiger partial charge in [0.2, 0.25) is 12.1 Å². The minimum atomic E-state index is 0.0828. The first-order chi connectivity index (χ1) is 14.5. The normalized spacial score (nSPS) is 20.6. The molecule has 0 spiro atoms. The van der Waals surface area contributed by atoms with Crippen LogP contribution in [-0.4, -0.2) is 57.3 Å². The van der Waals surface area contributed by atoms with Crippen LogP contribution in [0.3, 0.4) is 0 Å². The average molecular weight is 404 g/mol. The second kappa shape index (κ2) is 7.19. The molecule has 2 aromatic heterocycles. The average Bonchev–Trinajstić information content (AvgIpc) is 3.43.